The molecule has 1 aliphatic rings. The fourth-order valence-corrected chi connectivity index (χ4v) is 2.40. The SMILES string of the molecule is O=c1cc(C2CCC2)ncn1Cc1cnns1. The lowest BCUT2D eigenvalue weighted by molar-refractivity contribution is 0.409. The van der Waals surface area contributed by atoms with Gasteiger partial charge in [0.05, 0.1) is 29.6 Å². The molecule has 0 amide bonds. The van der Waals surface area contributed by atoms with Gasteiger partial charge in [-0.1, -0.05) is 10.9 Å². The summed E-state index contributed by atoms with van der Waals surface area (Å²) in [5.74, 6) is 0.502. The van der Waals surface area contributed by atoms with E-state index in [1.54, 1.807) is 23.2 Å². The fraction of sp³-hybridized carbons (Fsp3) is 0.455. The van der Waals surface area contributed by atoms with Crippen LogP contribution in [-0.2, 0) is 6.54 Å². The predicted octanol–water partition coefficient (Wildman–Crippen LogP) is 1.41. The molecule has 88 valence electrons. The van der Waals surface area contributed by atoms with Gasteiger partial charge >= 0.3 is 0 Å². The summed E-state index contributed by atoms with van der Waals surface area (Å²) >= 11 is 1.30. The zero-order valence-corrected chi connectivity index (χ0v) is 10.1. The molecule has 3 rings (SSSR count). The van der Waals surface area contributed by atoms with Crippen molar-refractivity contribution in [1.29, 1.82) is 0 Å². The monoisotopic (exact) mass is 248 g/mol. The zero-order valence-electron chi connectivity index (χ0n) is 9.24. The largest absolute Gasteiger partial charge is 0.294 e. The number of hydrogen-bond acceptors (Lipinski definition) is 5. The number of rotatable bonds is 3. The quantitative estimate of drug-likeness (QED) is 0.824. The molecule has 2 heterocycles. The van der Waals surface area contributed by atoms with Crippen molar-refractivity contribution in [2.45, 2.75) is 31.7 Å². The van der Waals surface area contributed by atoms with E-state index >= 15 is 0 Å². The molecule has 0 aromatic carbocycles. The van der Waals surface area contributed by atoms with E-state index < -0.39 is 0 Å². The van der Waals surface area contributed by atoms with Gasteiger partial charge in [0.25, 0.3) is 5.56 Å². The molecular formula is C11H12N4OS. The van der Waals surface area contributed by atoms with Gasteiger partial charge in [-0.3, -0.25) is 9.36 Å². The van der Waals surface area contributed by atoms with Crippen molar-refractivity contribution in [2.24, 2.45) is 0 Å². The molecule has 17 heavy (non-hydrogen) atoms. The Morgan fingerprint density at radius 1 is 1.47 bits per heavy atom. The fourth-order valence-electron chi connectivity index (χ4n) is 1.91. The Morgan fingerprint density at radius 3 is 2.94 bits per heavy atom. The van der Waals surface area contributed by atoms with Gasteiger partial charge in [-0.05, 0) is 24.4 Å². The molecule has 0 aliphatic heterocycles. The summed E-state index contributed by atoms with van der Waals surface area (Å²) in [6.07, 6.45) is 6.89. The highest BCUT2D eigenvalue weighted by Crippen LogP contribution is 2.34. The van der Waals surface area contributed by atoms with Crippen molar-refractivity contribution in [3.63, 3.8) is 0 Å². The lowest BCUT2D eigenvalue weighted by atomic mass is 9.83. The van der Waals surface area contributed by atoms with Crippen LogP contribution >= 0.6 is 11.5 Å². The van der Waals surface area contributed by atoms with Gasteiger partial charge < -0.3 is 0 Å². The smallest absolute Gasteiger partial charge is 0.253 e. The van der Waals surface area contributed by atoms with E-state index in [1.165, 1.54) is 18.0 Å². The van der Waals surface area contributed by atoms with Crippen LogP contribution in [-0.4, -0.2) is 19.1 Å². The molecule has 0 bridgehead atoms. The minimum absolute atomic E-state index is 0.00954. The van der Waals surface area contributed by atoms with E-state index in [9.17, 15) is 4.79 Å². The molecule has 2 aromatic heterocycles. The lowest BCUT2D eigenvalue weighted by Gasteiger charge is -2.24. The molecule has 0 unspecified atom stereocenters. The molecule has 2 aromatic rings. The molecule has 1 aliphatic carbocycles. The van der Waals surface area contributed by atoms with E-state index in [0.717, 1.165) is 23.4 Å². The summed E-state index contributed by atoms with van der Waals surface area (Å²) in [4.78, 5) is 17.2. The summed E-state index contributed by atoms with van der Waals surface area (Å²) in [6, 6.07) is 1.66. The van der Waals surface area contributed by atoms with Crippen molar-refractivity contribution in [1.82, 2.24) is 19.1 Å². The van der Waals surface area contributed by atoms with Crippen molar-refractivity contribution in [2.75, 3.05) is 0 Å². The Kier molecular flexibility index (Phi) is 2.72. The molecule has 6 heteroatoms. The maximum atomic E-state index is 11.9. The van der Waals surface area contributed by atoms with E-state index in [0.29, 0.717) is 12.5 Å². The van der Waals surface area contributed by atoms with Crippen LogP contribution in [0.1, 0.15) is 35.8 Å². The Balaban J connectivity index is 1.84. The van der Waals surface area contributed by atoms with Crippen LogP contribution in [0, 0.1) is 0 Å². The molecule has 0 radical (unpaired) electrons. The van der Waals surface area contributed by atoms with Gasteiger partial charge in [0.1, 0.15) is 0 Å². The first-order valence-corrected chi connectivity index (χ1v) is 6.43. The Bertz CT molecular complexity index is 559. The third-order valence-corrected chi connectivity index (χ3v) is 3.80. The molecule has 0 atom stereocenters. The number of hydrogen-bond donors (Lipinski definition) is 0. The molecule has 0 saturated heterocycles. The summed E-state index contributed by atoms with van der Waals surface area (Å²) in [5.41, 5.74) is 0.954. The molecular weight excluding hydrogens is 236 g/mol. The first kappa shape index (κ1) is 10.6. The van der Waals surface area contributed by atoms with Gasteiger partial charge in [0, 0.05) is 12.0 Å². The average Bonchev–Trinajstić information content (AvgIpc) is 2.72. The molecule has 1 fully saturated rings. The topological polar surface area (TPSA) is 60.7 Å². The summed E-state index contributed by atoms with van der Waals surface area (Å²) in [5, 5.41) is 3.75. The minimum Gasteiger partial charge on any atom is -0.294 e. The normalized spacial score (nSPS) is 15.8. The lowest BCUT2D eigenvalue weighted by Crippen LogP contribution is -2.23. The van der Waals surface area contributed by atoms with E-state index in [-0.39, 0.29) is 5.56 Å². The van der Waals surface area contributed by atoms with Gasteiger partial charge in [0.15, 0.2) is 0 Å². The van der Waals surface area contributed by atoms with Crippen molar-refractivity contribution < 1.29 is 0 Å². The Hall–Kier alpha value is -1.56. The number of aromatic nitrogens is 4. The second-order valence-corrected chi connectivity index (χ2v) is 5.16. The maximum absolute atomic E-state index is 11.9. The van der Waals surface area contributed by atoms with Gasteiger partial charge in [0.2, 0.25) is 0 Å². The zero-order chi connectivity index (χ0) is 11.7. The second-order valence-electron chi connectivity index (χ2n) is 4.29. The van der Waals surface area contributed by atoms with Crippen LogP contribution in [0.3, 0.4) is 0 Å². The number of nitrogens with zero attached hydrogens (tertiary/aromatic N) is 4. The molecule has 1 saturated carbocycles. The summed E-state index contributed by atoms with van der Waals surface area (Å²) in [7, 11) is 0. The van der Waals surface area contributed by atoms with E-state index in [4.69, 9.17) is 0 Å². The first-order chi connectivity index (χ1) is 8.33. The van der Waals surface area contributed by atoms with Crippen LogP contribution in [0.25, 0.3) is 0 Å². The van der Waals surface area contributed by atoms with Crippen molar-refractivity contribution in [3.8, 4) is 0 Å². The van der Waals surface area contributed by atoms with Crippen LogP contribution in [0.2, 0.25) is 0 Å². The highest BCUT2D eigenvalue weighted by molar-refractivity contribution is 7.05. The third-order valence-electron chi connectivity index (χ3n) is 3.16. The average molecular weight is 248 g/mol. The highest BCUT2D eigenvalue weighted by atomic mass is 32.1. The standard InChI is InChI=1S/C11H12N4OS/c16-11-4-10(8-2-1-3-8)12-7-15(11)6-9-5-13-14-17-9/h4-5,7-8H,1-3,6H2. The first-order valence-electron chi connectivity index (χ1n) is 5.65. The van der Waals surface area contributed by atoms with Gasteiger partial charge in [-0.15, -0.1) is 5.10 Å². The molecule has 0 spiro atoms. The highest BCUT2D eigenvalue weighted by Gasteiger charge is 2.21. The van der Waals surface area contributed by atoms with Crippen LogP contribution in [0.15, 0.2) is 23.4 Å². The Morgan fingerprint density at radius 2 is 2.35 bits per heavy atom. The van der Waals surface area contributed by atoms with Crippen molar-refractivity contribution in [3.05, 3.63) is 39.5 Å². The second kappa shape index (κ2) is 4.37. The van der Waals surface area contributed by atoms with Gasteiger partial charge in [-0.2, -0.15) is 0 Å². The summed E-state index contributed by atoms with van der Waals surface area (Å²) in [6.45, 7) is 0.508. The Labute approximate surface area is 102 Å². The van der Waals surface area contributed by atoms with Crippen LogP contribution in [0.4, 0.5) is 0 Å². The molecule has 0 N–H and O–H groups in total. The van der Waals surface area contributed by atoms with E-state index in [2.05, 4.69) is 14.6 Å². The summed E-state index contributed by atoms with van der Waals surface area (Å²) < 4.78 is 5.37. The maximum Gasteiger partial charge on any atom is 0.253 e. The third kappa shape index (κ3) is 2.12. The predicted molar refractivity (Wildman–Crippen MR) is 64.1 cm³/mol. The minimum atomic E-state index is 0.00954. The van der Waals surface area contributed by atoms with Crippen LogP contribution in [0.5, 0.6) is 0 Å². The van der Waals surface area contributed by atoms with Crippen molar-refractivity contribution >= 4 is 11.5 Å². The van der Waals surface area contributed by atoms with Crippen LogP contribution < -0.4 is 5.56 Å². The molecule has 5 nitrogen and oxygen atoms in total. The van der Waals surface area contributed by atoms with Gasteiger partial charge in [-0.25, -0.2) is 4.98 Å². The van der Waals surface area contributed by atoms with E-state index in [1.807, 2.05) is 0 Å².